The Bertz CT molecular complexity index is 228. The summed E-state index contributed by atoms with van der Waals surface area (Å²) < 4.78 is 0. The molecule has 0 aromatic heterocycles. The Balaban J connectivity index is 1.56. The summed E-state index contributed by atoms with van der Waals surface area (Å²) in [6, 6.07) is 1.71. The number of rotatable bonds is 2. The number of likely N-dealkylation sites (tertiary alicyclic amines) is 1. The van der Waals surface area contributed by atoms with Gasteiger partial charge >= 0.3 is 0 Å². The molecule has 3 rings (SSSR count). The van der Waals surface area contributed by atoms with Gasteiger partial charge < -0.3 is 5.32 Å². The molecule has 92 valence electrons. The predicted octanol–water partition coefficient (Wildman–Crippen LogP) is 1.96. The molecule has 2 nitrogen and oxygen atoms in total. The quantitative estimate of drug-likeness (QED) is 0.794. The summed E-state index contributed by atoms with van der Waals surface area (Å²) in [4.78, 5) is 2.81. The molecular weight excluding hydrogens is 216 g/mol. The van der Waals surface area contributed by atoms with Gasteiger partial charge in [0, 0.05) is 36.7 Å². The van der Waals surface area contributed by atoms with E-state index in [-0.39, 0.29) is 0 Å². The number of thioether (sulfide) groups is 1. The molecule has 2 aliphatic heterocycles. The molecule has 3 fully saturated rings. The van der Waals surface area contributed by atoms with Crippen molar-refractivity contribution in [2.24, 2.45) is 5.92 Å². The fourth-order valence-electron chi connectivity index (χ4n) is 3.80. The lowest BCUT2D eigenvalue weighted by molar-refractivity contribution is 0.104. The van der Waals surface area contributed by atoms with Gasteiger partial charge in [0.05, 0.1) is 0 Å². The van der Waals surface area contributed by atoms with E-state index in [9.17, 15) is 0 Å². The van der Waals surface area contributed by atoms with Crippen molar-refractivity contribution in [2.45, 2.75) is 44.2 Å². The van der Waals surface area contributed by atoms with E-state index in [1.807, 2.05) is 0 Å². The Morgan fingerprint density at radius 2 is 2.12 bits per heavy atom. The first kappa shape index (κ1) is 11.4. The lowest BCUT2D eigenvalue weighted by atomic mass is 9.91. The van der Waals surface area contributed by atoms with E-state index in [1.54, 1.807) is 0 Å². The molecule has 16 heavy (non-hydrogen) atoms. The van der Waals surface area contributed by atoms with Crippen molar-refractivity contribution < 1.29 is 0 Å². The normalized spacial score (nSPS) is 40.9. The first-order chi connectivity index (χ1) is 7.93. The van der Waals surface area contributed by atoms with Gasteiger partial charge in [-0.25, -0.2) is 0 Å². The highest BCUT2D eigenvalue weighted by atomic mass is 32.2. The molecule has 0 radical (unpaired) electrons. The molecular formula is C13H24N2S. The van der Waals surface area contributed by atoms with Crippen molar-refractivity contribution in [3.63, 3.8) is 0 Å². The molecule has 3 atom stereocenters. The number of fused-ring (bicyclic) bond motifs is 1. The van der Waals surface area contributed by atoms with Crippen molar-refractivity contribution >= 4 is 11.8 Å². The second kappa shape index (κ2) is 5.28. The summed E-state index contributed by atoms with van der Waals surface area (Å²) in [6.45, 7) is 3.90. The maximum absolute atomic E-state index is 3.68. The molecule has 0 spiro atoms. The molecule has 1 aliphatic carbocycles. The van der Waals surface area contributed by atoms with Crippen molar-refractivity contribution in [2.75, 3.05) is 31.1 Å². The third-order valence-corrected chi connectivity index (χ3v) is 5.69. The minimum absolute atomic E-state index is 0.762. The maximum Gasteiger partial charge on any atom is 0.0286 e. The lowest BCUT2D eigenvalue weighted by Gasteiger charge is -2.40. The highest BCUT2D eigenvalue weighted by Gasteiger charge is 2.35. The van der Waals surface area contributed by atoms with Crippen LogP contribution in [0.5, 0.6) is 0 Å². The zero-order valence-corrected chi connectivity index (χ0v) is 11.0. The third kappa shape index (κ3) is 2.41. The van der Waals surface area contributed by atoms with Gasteiger partial charge in [-0.15, -0.1) is 0 Å². The average Bonchev–Trinajstić information content (AvgIpc) is 2.80. The SMILES string of the molecule is C1CC2CCCN(CC3CSCCN3)C2C1. The molecule has 2 heterocycles. The smallest absolute Gasteiger partial charge is 0.0286 e. The van der Waals surface area contributed by atoms with E-state index < -0.39 is 0 Å². The number of nitrogens with one attached hydrogen (secondary N) is 1. The fraction of sp³-hybridized carbons (Fsp3) is 1.00. The number of hydrogen-bond donors (Lipinski definition) is 1. The van der Waals surface area contributed by atoms with Gasteiger partial charge in [0.15, 0.2) is 0 Å². The van der Waals surface area contributed by atoms with Gasteiger partial charge in [0.25, 0.3) is 0 Å². The van der Waals surface area contributed by atoms with E-state index in [4.69, 9.17) is 0 Å². The van der Waals surface area contributed by atoms with Crippen LogP contribution in [-0.4, -0.2) is 48.1 Å². The first-order valence-electron chi connectivity index (χ1n) is 6.98. The van der Waals surface area contributed by atoms with Crippen LogP contribution in [0.2, 0.25) is 0 Å². The molecule has 3 heteroatoms. The Hall–Kier alpha value is 0.270. The molecule has 0 aromatic rings. The molecule has 1 saturated carbocycles. The predicted molar refractivity (Wildman–Crippen MR) is 71.1 cm³/mol. The Morgan fingerprint density at radius 3 is 3.00 bits per heavy atom. The average molecular weight is 240 g/mol. The number of piperidine rings is 1. The molecule has 0 aromatic carbocycles. The molecule has 2 saturated heterocycles. The fourth-order valence-corrected chi connectivity index (χ4v) is 4.74. The van der Waals surface area contributed by atoms with Gasteiger partial charge in [0.2, 0.25) is 0 Å². The Morgan fingerprint density at radius 1 is 1.19 bits per heavy atom. The molecule has 3 unspecified atom stereocenters. The summed E-state index contributed by atoms with van der Waals surface area (Å²) in [6.07, 6.45) is 7.42. The van der Waals surface area contributed by atoms with Gasteiger partial charge in [0.1, 0.15) is 0 Å². The van der Waals surface area contributed by atoms with Crippen LogP contribution in [0, 0.1) is 5.92 Å². The Labute approximate surface area is 104 Å². The Kier molecular flexibility index (Phi) is 3.75. The van der Waals surface area contributed by atoms with Gasteiger partial charge in [-0.05, 0) is 38.1 Å². The standard InChI is InChI=1S/C13H24N2S/c1-3-11-4-2-7-15(13(11)5-1)9-12-10-16-8-6-14-12/h11-14H,1-10H2. The minimum Gasteiger partial charge on any atom is -0.311 e. The van der Waals surface area contributed by atoms with Crippen molar-refractivity contribution in [3.05, 3.63) is 0 Å². The van der Waals surface area contributed by atoms with Crippen LogP contribution in [0.15, 0.2) is 0 Å². The van der Waals surface area contributed by atoms with Crippen molar-refractivity contribution in [1.82, 2.24) is 10.2 Å². The van der Waals surface area contributed by atoms with Crippen LogP contribution in [0.25, 0.3) is 0 Å². The second-order valence-corrected chi connectivity index (χ2v) is 6.77. The first-order valence-corrected chi connectivity index (χ1v) is 8.14. The second-order valence-electron chi connectivity index (χ2n) is 5.62. The van der Waals surface area contributed by atoms with Crippen molar-refractivity contribution in [3.8, 4) is 0 Å². The van der Waals surface area contributed by atoms with E-state index in [0.717, 1.165) is 18.0 Å². The van der Waals surface area contributed by atoms with E-state index in [0.29, 0.717) is 0 Å². The maximum atomic E-state index is 3.68. The van der Waals surface area contributed by atoms with Crippen LogP contribution in [-0.2, 0) is 0 Å². The minimum atomic E-state index is 0.762. The topological polar surface area (TPSA) is 15.3 Å². The van der Waals surface area contributed by atoms with Crippen molar-refractivity contribution in [1.29, 1.82) is 0 Å². The summed E-state index contributed by atoms with van der Waals surface area (Å²) in [5, 5.41) is 3.68. The summed E-state index contributed by atoms with van der Waals surface area (Å²) in [5.41, 5.74) is 0. The van der Waals surface area contributed by atoms with Gasteiger partial charge in [-0.3, -0.25) is 4.90 Å². The lowest BCUT2D eigenvalue weighted by Crippen LogP contribution is -2.51. The molecule has 0 bridgehead atoms. The summed E-state index contributed by atoms with van der Waals surface area (Å²) in [7, 11) is 0. The van der Waals surface area contributed by atoms with Crippen LogP contribution in [0.1, 0.15) is 32.1 Å². The highest BCUT2D eigenvalue weighted by Crippen LogP contribution is 2.36. The van der Waals surface area contributed by atoms with E-state index in [2.05, 4.69) is 22.0 Å². The van der Waals surface area contributed by atoms with Gasteiger partial charge in [-0.2, -0.15) is 11.8 Å². The molecule has 0 amide bonds. The largest absolute Gasteiger partial charge is 0.311 e. The highest BCUT2D eigenvalue weighted by molar-refractivity contribution is 7.99. The van der Waals surface area contributed by atoms with E-state index in [1.165, 1.54) is 63.2 Å². The van der Waals surface area contributed by atoms with Crippen LogP contribution >= 0.6 is 11.8 Å². The van der Waals surface area contributed by atoms with Gasteiger partial charge in [-0.1, -0.05) is 6.42 Å². The zero-order chi connectivity index (χ0) is 10.8. The summed E-state index contributed by atoms with van der Waals surface area (Å²) in [5.74, 6) is 3.68. The zero-order valence-electron chi connectivity index (χ0n) is 10.2. The number of hydrogen-bond acceptors (Lipinski definition) is 3. The third-order valence-electron chi connectivity index (χ3n) is 4.56. The molecule has 3 aliphatic rings. The van der Waals surface area contributed by atoms with E-state index >= 15 is 0 Å². The number of nitrogens with zero attached hydrogens (tertiary/aromatic N) is 1. The monoisotopic (exact) mass is 240 g/mol. The van der Waals surface area contributed by atoms with Crippen LogP contribution < -0.4 is 5.32 Å². The summed E-state index contributed by atoms with van der Waals surface area (Å²) >= 11 is 2.13. The molecule has 1 N–H and O–H groups in total. The van der Waals surface area contributed by atoms with Crippen LogP contribution in [0.3, 0.4) is 0 Å². The van der Waals surface area contributed by atoms with Crippen LogP contribution in [0.4, 0.5) is 0 Å².